The van der Waals surface area contributed by atoms with Crippen molar-refractivity contribution in [1.29, 1.82) is 0 Å². The summed E-state index contributed by atoms with van der Waals surface area (Å²) in [6, 6.07) is 31.3. The normalized spacial score (nSPS) is 16.7. The molecule has 15 heteroatoms. The molecular weight excluding hydrogens is 965 g/mol. The number of likely N-dealkylation sites (tertiary alicyclic amines) is 1. The molecule has 0 bridgehead atoms. The number of thiazole rings is 1. The van der Waals surface area contributed by atoms with Gasteiger partial charge in [0.2, 0.25) is 23.6 Å². The zero-order valence-electron chi connectivity index (χ0n) is 44.5. The van der Waals surface area contributed by atoms with Crippen LogP contribution in [-0.2, 0) is 30.3 Å². The first-order valence-electron chi connectivity index (χ1n) is 25.8. The lowest BCUT2D eigenvalue weighted by molar-refractivity contribution is -0.144. The zero-order valence-corrected chi connectivity index (χ0v) is 45.3. The predicted octanol–water partition coefficient (Wildman–Crippen LogP) is 10.4. The van der Waals surface area contributed by atoms with Gasteiger partial charge in [-0.25, -0.2) is 9.97 Å². The fourth-order valence-electron chi connectivity index (χ4n) is 9.67. The Morgan fingerprint density at radius 2 is 1.60 bits per heavy atom. The van der Waals surface area contributed by atoms with Gasteiger partial charge in [-0.2, -0.15) is 0 Å². The molecule has 0 spiro atoms. The van der Waals surface area contributed by atoms with E-state index >= 15 is 0 Å². The summed E-state index contributed by atoms with van der Waals surface area (Å²) in [4.78, 5) is 67.2. The second-order valence-electron chi connectivity index (χ2n) is 21.4. The van der Waals surface area contributed by atoms with Crippen LogP contribution in [0.1, 0.15) is 97.0 Å². The highest BCUT2D eigenvalue weighted by Gasteiger charge is 2.45. The third-order valence-electron chi connectivity index (χ3n) is 14.2. The number of hydrogen-bond acceptors (Lipinski definition) is 11. The number of β-amino-alcohol motifs (C(OH)–C–C–N with tert-alkyl or cyclic N) is 1. The fraction of sp³-hybridized carbons (Fsp3) is 0.400. The van der Waals surface area contributed by atoms with Crippen molar-refractivity contribution in [3.63, 3.8) is 0 Å². The Morgan fingerprint density at radius 3 is 2.29 bits per heavy atom. The van der Waals surface area contributed by atoms with Crippen LogP contribution >= 0.6 is 11.3 Å². The van der Waals surface area contributed by atoms with E-state index in [1.54, 1.807) is 18.4 Å². The number of ether oxygens (including phenoxy) is 3. The number of amides is 4. The predicted molar refractivity (Wildman–Crippen MR) is 294 cm³/mol. The maximum absolute atomic E-state index is 14.3. The minimum absolute atomic E-state index is 0.0105. The van der Waals surface area contributed by atoms with Gasteiger partial charge in [-0.3, -0.25) is 19.2 Å². The molecule has 5 atom stereocenters. The SMILES string of the molecule is CCC(COc1ccc(-c2cc(-c3ccccc3)nc3c2CC(=O)Nc2ccccc2-3)cc1OC)COC(C)(C)CCC(=O)N[C@H](C(=O)N1C[C@H](O)C[C@H]1C(=O)N[C@@H](C)c1ccc(-c2scnc2C)cc1)C(C)(C)C. The van der Waals surface area contributed by atoms with Gasteiger partial charge in [-0.05, 0) is 98.0 Å². The van der Waals surface area contributed by atoms with E-state index in [-0.39, 0.29) is 55.5 Å². The summed E-state index contributed by atoms with van der Waals surface area (Å²) in [7, 11) is 1.61. The second kappa shape index (κ2) is 23.3. The molecule has 1 saturated heterocycles. The molecule has 14 nitrogen and oxygen atoms in total. The number of benzene rings is 4. The van der Waals surface area contributed by atoms with Crippen LogP contribution in [0, 0.1) is 18.3 Å². The summed E-state index contributed by atoms with van der Waals surface area (Å²) in [6.07, 6.45) is 0.605. The van der Waals surface area contributed by atoms with E-state index in [4.69, 9.17) is 19.2 Å². The smallest absolute Gasteiger partial charge is 0.246 e. The van der Waals surface area contributed by atoms with Crippen LogP contribution in [0.3, 0.4) is 0 Å². The van der Waals surface area contributed by atoms with Gasteiger partial charge in [0.1, 0.15) is 12.1 Å². The molecule has 1 fully saturated rings. The van der Waals surface area contributed by atoms with Crippen molar-refractivity contribution in [2.75, 3.05) is 32.2 Å². The lowest BCUT2D eigenvalue weighted by atomic mass is 9.85. The first-order chi connectivity index (χ1) is 35.8. The highest BCUT2D eigenvalue weighted by molar-refractivity contribution is 7.13. The average Bonchev–Trinajstić information content (AvgIpc) is 3.98. The largest absolute Gasteiger partial charge is 0.493 e. The Labute approximate surface area is 444 Å². The molecule has 0 saturated carbocycles. The number of carbonyl (C=O) groups is 4. The molecule has 2 aromatic heterocycles. The number of nitrogens with zero attached hydrogens (tertiary/aromatic N) is 3. The third-order valence-corrected chi connectivity index (χ3v) is 15.2. The highest BCUT2D eigenvalue weighted by atomic mass is 32.1. The summed E-state index contributed by atoms with van der Waals surface area (Å²) in [5.74, 6) is -0.0895. The molecule has 394 valence electrons. The number of aliphatic hydroxyl groups excluding tert-OH is 1. The molecule has 2 aliphatic heterocycles. The summed E-state index contributed by atoms with van der Waals surface area (Å²) >= 11 is 1.58. The van der Waals surface area contributed by atoms with E-state index in [0.717, 1.165) is 73.0 Å². The van der Waals surface area contributed by atoms with Crippen LogP contribution in [0.2, 0.25) is 0 Å². The van der Waals surface area contributed by atoms with Gasteiger partial charge in [0, 0.05) is 36.4 Å². The van der Waals surface area contributed by atoms with E-state index < -0.39 is 35.1 Å². The van der Waals surface area contributed by atoms with Crippen LogP contribution in [0.15, 0.2) is 109 Å². The van der Waals surface area contributed by atoms with E-state index in [9.17, 15) is 24.3 Å². The van der Waals surface area contributed by atoms with Crippen molar-refractivity contribution >= 4 is 40.7 Å². The van der Waals surface area contributed by atoms with Crippen molar-refractivity contribution in [2.45, 2.75) is 117 Å². The Kier molecular flexibility index (Phi) is 16.9. The number of aryl methyl sites for hydroxylation is 1. The van der Waals surface area contributed by atoms with E-state index in [2.05, 4.69) is 27.9 Å². The number of nitrogens with one attached hydrogen (secondary N) is 3. The Hall–Kier alpha value is -6.94. The fourth-order valence-corrected chi connectivity index (χ4v) is 10.5. The quantitative estimate of drug-likeness (QED) is 0.0610. The maximum atomic E-state index is 14.3. The molecular formula is C60H70N6O8S. The van der Waals surface area contributed by atoms with Crippen molar-refractivity contribution < 1.29 is 38.5 Å². The third kappa shape index (κ3) is 12.9. The van der Waals surface area contributed by atoms with Gasteiger partial charge in [-0.15, -0.1) is 11.3 Å². The lowest BCUT2D eigenvalue weighted by Crippen LogP contribution is -2.58. The van der Waals surface area contributed by atoms with Crippen molar-refractivity contribution in [3.05, 3.63) is 125 Å². The van der Waals surface area contributed by atoms with Crippen LogP contribution in [0.4, 0.5) is 5.69 Å². The molecule has 8 rings (SSSR count). The minimum Gasteiger partial charge on any atom is -0.493 e. The van der Waals surface area contributed by atoms with Crippen molar-refractivity contribution in [2.24, 2.45) is 11.3 Å². The molecule has 4 amide bonds. The number of aromatic nitrogens is 2. The van der Waals surface area contributed by atoms with E-state index in [1.165, 1.54) is 4.90 Å². The Balaban J connectivity index is 0.869. The molecule has 2 aliphatic rings. The molecule has 4 heterocycles. The molecule has 4 N–H and O–H groups in total. The Bertz CT molecular complexity index is 3010. The molecule has 4 aromatic carbocycles. The number of aliphatic hydroxyl groups is 1. The van der Waals surface area contributed by atoms with Crippen LogP contribution < -0.4 is 25.4 Å². The van der Waals surface area contributed by atoms with Gasteiger partial charge >= 0.3 is 0 Å². The summed E-state index contributed by atoms with van der Waals surface area (Å²) in [6.45, 7) is 16.2. The van der Waals surface area contributed by atoms with E-state index in [1.807, 2.05) is 157 Å². The topological polar surface area (TPSA) is 181 Å². The van der Waals surface area contributed by atoms with Crippen LogP contribution in [-0.4, -0.2) is 94.3 Å². The molecule has 1 unspecified atom stereocenters. The number of anilines is 1. The van der Waals surface area contributed by atoms with Gasteiger partial charge in [0.25, 0.3) is 0 Å². The van der Waals surface area contributed by atoms with Gasteiger partial charge in [0.05, 0.1) is 77.6 Å². The summed E-state index contributed by atoms with van der Waals surface area (Å²) in [5.41, 5.74) is 9.96. The van der Waals surface area contributed by atoms with Gasteiger partial charge in [-0.1, -0.05) is 107 Å². The average molecular weight is 1040 g/mol. The van der Waals surface area contributed by atoms with E-state index in [0.29, 0.717) is 31.1 Å². The number of carbonyl (C=O) groups excluding carboxylic acids is 4. The standard InChI is InChI=1S/C60H70N6O8S/c1-10-38(33-73-50-25-24-42(28-51(50)72-9)45-30-48(40-16-12-11-13-17-40)64-54-44-18-14-15-19-47(44)63-53(69)31-46(45)54)34-74-60(7,8)27-26-52(68)65-56(59(4,5)6)58(71)66-32-43(67)29-49(66)57(70)62-36(2)39-20-22-41(23-21-39)55-37(3)61-35-75-55/h11-25,28,30,35-36,38,43,49,56,67H,10,26-27,29,31-34H2,1-9H3,(H,62,70)(H,63,69)(H,65,68)/t36-,38?,43+,49-,56+/m0/s1. The number of para-hydroxylation sites is 1. The van der Waals surface area contributed by atoms with Crippen LogP contribution in [0.5, 0.6) is 11.5 Å². The maximum Gasteiger partial charge on any atom is 0.246 e. The number of rotatable bonds is 19. The first-order valence-corrected chi connectivity index (χ1v) is 26.7. The van der Waals surface area contributed by atoms with Gasteiger partial charge in [0.15, 0.2) is 11.5 Å². The number of methoxy groups -OCH3 is 1. The number of pyridine rings is 1. The highest BCUT2D eigenvalue weighted by Crippen LogP contribution is 2.42. The summed E-state index contributed by atoms with van der Waals surface area (Å²) < 4.78 is 18.8. The molecule has 0 radical (unpaired) electrons. The van der Waals surface area contributed by atoms with Crippen LogP contribution in [0.25, 0.3) is 44.1 Å². The lowest BCUT2D eigenvalue weighted by Gasteiger charge is -2.36. The van der Waals surface area contributed by atoms with Gasteiger partial charge < -0.3 is 40.2 Å². The summed E-state index contributed by atoms with van der Waals surface area (Å²) in [5, 5.41) is 19.9. The van der Waals surface area contributed by atoms with Crippen molar-refractivity contribution in [3.8, 4) is 55.6 Å². The Morgan fingerprint density at radius 1 is 0.880 bits per heavy atom. The monoisotopic (exact) mass is 1030 g/mol. The number of fused-ring (bicyclic) bond motifs is 3. The van der Waals surface area contributed by atoms with Crippen molar-refractivity contribution in [1.82, 2.24) is 25.5 Å². The minimum atomic E-state index is -0.951. The molecule has 75 heavy (non-hydrogen) atoms. The number of hydrogen-bond donors (Lipinski definition) is 4. The second-order valence-corrected chi connectivity index (χ2v) is 22.3. The molecule has 0 aliphatic carbocycles. The first kappa shape index (κ1) is 54.3. The zero-order chi connectivity index (χ0) is 53.6. The molecule has 6 aromatic rings.